The summed E-state index contributed by atoms with van der Waals surface area (Å²) in [5, 5.41) is 5.45. The number of pyridine rings is 1. The van der Waals surface area contributed by atoms with Crippen molar-refractivity contribution in [3.63, 3.8) is 0 Å². The first kappa shape index (κ1) is 15.6. The van der Waals surface area contributed by atoms with E-state index in [1.807, 2.05) is 12.3 Å². The van der Waals surface area contributed by atoms with E-state index in [1.54, 1.807) is 29.6 Å². The Morgan fingerprint density at radius 3 is 2.96 bits per heavy atom. The van der Waals surface area contributed by atoms with E-state index in [2.05, 4.69) is 15.3 Å². The van der Waals surface area contributed by atoms with Crippen LogP contribution in [0.25, 0.3) is 0 Å². The number of anilines is 1. The minimum Gasteiger partial charge on any atom is -0.325 e. The highest BCUT2D eigenvalue weighted by molar-refractivity contribution is 7.09. The molecule has 0 aliphatic carbocycles. The molecule has 6 nitrogen and oxygen atoms in total. The van der Waals surface area contributed by atoms with Gasteiger partial charge >= 0.3 is 11.8 Å². The molecule has 0 bridgehead atoms. The Balaban J connectivity index is 1.75. The van der Waals surface area contributed by atoms with Crippen LogP contribution in [0.2, 0.25) is 0 Å². The summed E-state index contributed by atoms with van der Waals surface area (Å²) in [7, 11) is 0. The second kappa shape index (κ2) is 6.87. The molecule has 0 radical (unpaired) electrons. The number of amides is 2. The van der Waals surface area contributed by atoms with Gasteiger partial charge in [-0.15, -0.1) is 11.3 Å². The number of nitrogens with one attached hydrogen (secondary N) is 1. The largest absolute Gasteiger partial charge is 0.325 e. The van der Waals surface area contributed by atoms with Crippen LogP contribution in [0.1, 0.15) is 35.9 Å². The second-order valence-corrected chi connectivity index (χ2v) is 6.45. The average Bonchev–Trinajstić information content (AvgIpc) is 3.10. The van der Waals surface area contributed by atoms with Gasteiger partial charge in [0.15, 0.2) is 0 Å². The zero-order valence-electron chi connectivity index (χ0n) is 12.9. The molecule has 1 saturated heterocycles. The number of nitrogens with zero attached hydrogens (tertiary/aromatic N) is 3. The van der Waals surface area contributed by atoms with Crippen molar-refractivity contribution in [2.45, 2.75) is 32.2 Å². The Morgan fingerprint density at radius 2 is 2.22 bits per heavy atom. The molecular weight excluding hydrogens is 312 g/mol. The van der Waals surface area contributed by atoms with Gasteiger partial charge in [0.25, 0.3) is 0 Å². The molecule has 2 aromatic heterocycles. The van der Waals surface area contributed by atoms with Gasteiger partial charge in [0.1, 0.15) is 5.01 Å². The Kier molecular flexibility index (Phi) is 4.66. The van der Waals surface area contributed by atoms with E-state index in [0.717, 1.165) is 29.8 Å². The van der Waals surface area contributed by atoms with E-state index < -0.39 is 11.8 Å². The zero-order chi connectivity index (χ0) is 16.2. The molecule has 0 aromatic carbocycles. The number of hydrogen-bond donors (Lipinski definition) is 1. The van der Waals surface area contributed by atoms with Gasteiger partial charge in [-0.2, -0.15) is 0 Å². The van der Waals surface area contributed by atoms with Crippen LogP contribution in [-0.2, 0) is 9.59 Å². The summed E-state index contributed by atoms with van der Waals surface area (Å²) in [5.74, 6) is -1.13. The van der Waals surface area contributed by atoms with Gasteiger partial charge in [-0.05, 0) is 37.8 Å². The van der Waals surface area contributed by atoms with Gasteiger partial charge in [0.05, 0.1) is 17.9 Å². The third-order valence-electron chi connectivity index (χ3n) is 3.98. The van der Waals surface area contributed by atoms with Gasteiger partial charge < -0.3 is 10.2 Å². The summed E-state index contributed by atoms with van der Waals surface area (Å²) in [6.45, 7) is 2.45. The van der Waals surface area contributed by atoms with Crippen LogP contribution in [0, 0.1) is 6.92 Å². The smallest absolute Gasteiger partial charge is 0.313 e. The summed E-state index contributed by atoms with van der Waals surface area (Å²) < 4.78 is 0. The van der Waals surface area contributed by atoms with Crippen LogP contribution in [0.5, 0.6) is 0 Å². The monoisotopic (exact) mass is 330 g/mol. The third kappa shape index (κ3) is 3.39. The van der Waals surface area contributed by atoms with Crippen LogP contribution in [-0.4, -0.2) is 33.2 Å². The lowest BCUT2D eigenvalue weighted by Crippen LogP contribution is -2.44. The molecular formula is C16H18N4O2S. The fourth-order valence-corrected chi connectivity index (χ4v) is 3.52. The molecule has 1 fully saturated rings. The summed E-state index contributed by atoms with van der Waals surface area (Å²) in [6.07, 6.45) is 7.73. The zero-order valence-corrected chi connectivity index (χ0v) is 13.7. The molecule has 1 aliphatic heterocycles. The number of carbonyl (C=O) groups excluding carboxylic acids is 2. The summed E-state index contributed by atoms with van der Waals surface area (Å²) in [5.41, 5.74) is 1.44. The SMILES string of the molecule is Cc1ccncc1NC(=O)C(=O)N1CCCC[C@H]1c1nccs1. The van der Waals surface area contributed by atoms with Gasteiger partial charge in [-0.25, -0.2) is 4.98 Å². The molecule has 120 valence electrons. The van der Waals surface area contributed by atoms with Crippen LogP contribution in [0.4, 0.5) is 5.69 Å². The molecule has 1 N–H and O–H groups in total. The van der Waals surface area contributed by atoms with Crippen molar-refractivity contribution in [3.05, 3.63) is 40.6 Å². The number of aromatic nitrogens is 2. The van der Waals surface area contributed by atoms with E-state index in [1.165, 1.54) is 11.3 Å². The Bertz CT molecular complexity index is 702. The van der Waals surface area contributed by atoms with E-state index in [4.69, 9.17) is 0 Å². The quantitative estimate of drug-likeness (QED) is 0.859. The van der Waals surface area contributed by atoms with E-state index in [-0.39, 0.29) is 6.04 Å². The molecule has 1 aliphatic rings. The maximum Gasteiger partial charge on any atom is 0.313 e. The predicted molar refractivity (Wildman–Crippen MR) is 88.0 cm³/mol. The van der Waals surface area contributed by atoms with Crippen molar-refractivity contribution < 1.29 is 9.59 Å². The maximum absolute atomic E-state index is 12.6. The highest BCUT2D eigenvalue weighted by Gasteiger charge is 2.33. The van der Waals surface area contributed by atoms with Crippen LogP contribution in [0.15, 0.2) is 30.0 Å². The molecule has 2 amide bonds. The van der Waals surface area contributed by atoms with Crippen LogP contribution in [0.3, 0.4) is 0 Å². The molecule has 3 heterocycles. The Morgan fingerprint density at radius 1 is 1.35 bits per heavy atom. The number of piperidine rings is 1. The fraction of sp³-hybridized carbons (Fsp3) is 0.375. The Labute approximate surface area is 138 Å². The topological polar surface area (TPSA) is 75.2 Å². The lowest BCUT2D eigenvalue weighted by atomic mass is 10.0. The predicted octanol–water partition coefficient (Wildman–Crippen LogP) is 2.54. The lowest BCUT2D eigenvalue weighted by Gasteiger charge is -2.33. The number of likely N-dealkylation sites (tertiary alicyclic amines) is 1. The number of aryl methyl sites for hydroxylation is 1. The van der Waals surface area contributed by atoms with Gasteiger partial charge in [-0.3, -0.25) is 14.6 Å². The van der Waals surface area contributed by atoms with Crippen molar-refractivity contribution in [2.75, 3.05) is 11.9 Å². The molecule has 23 heavy (non-hydrogen) atoms. The fourth-order valence-electron chi connectivity index (χ4n) is 2.73. The minimum atomic E-state index is -0.621. The number of carbonyl (C=O) groups is 2. The van der Waals surface area contributed by atoms with Crippen molar-refractivity contribution in [1.82, 2.24) is 14.9 Å². The number of thiazole rings is 1. The molecule has 7 heteroatoms. The summed E-state index contributed by atoms with van der Waals surface area (Å²) >= 11 is 1.52. The second-order valence-electron chi connectivity index (χ2n) is 5.53. The Hall–Kier alpha value is -2.28. The normalized spacial score (nSPS) is 17.8. The van der Waals surface area contributed by atoms with Crippen molar-refractivity contribution >= 4 is 28.8 Å². The molecule has 2 aromatic rings. The van der Waals surface area contributed by atoms with Gasteiger partial charge in [0, 0.05) is 24.3 Å². The summed E-state index contributed by atoms with van der Waals surface area (Å²) in [6, 6.07) is 1.69. The first-order valence-electron chi connectivity index (χ1n) is 7.59. The van der Waals surface area contributed by atoms with E-state index in [9.17, 15) is 9.59 Å². The third-order valence-corrected chi connectivity index (χ3v) is 4.86. The molecule has 0 spiro atoms. The number of hydrogen-bond acceptors (Lipinski definition) is 5. The minimum absolute atomic E-state index is 0.100. The van der Waals surface area contributed by atoms with E-state index >= 15 is 0 Å². The van der Waals surface area contributed by atoms with Gasteiger partial charge in [0.2, 0.25) is 0 Å². The van der Waals surface area contributed by atoms with Crippen LogP contribution < -0.4 is 5.32 Å². The van der Waals surface area contributed by atoms with Crippen molar-refractivity contribution in [3.8, 4) is 0 Å². The number of rotatable bonds is 2. The van der Waals surface area contributed by atoms with Crippen molar-refractivity contribution in [2.24, 2.45) is 0 Å². The van der Waals surface area contributed by atoms with E-state index in [0.29, 0.717) is 12.2 Å². The first-order valence-corrected chi connectivity index (χ1v) is 8.46. The molecule has 1 atom stereocenters. The first-order chi connectivity index (χ1) is 11.2. The average molecular weight is 330 g/mol. The van der Waals surface area contributed by atoms with Gasteiger partial charge in [-0.1, -0.05) is 0 Å². The van der Waals surface area contributed by atoms with Crippen molar-refractivity contribution in [1.29, 1.82) is 0 Å². The lowest BCUT2D eigenvalue weighted by molar-refractivity contribution is -0.145. The standard InChI is InChI=1S/C16H18N4O2S/c1-11-5-6-17-10-12(11)19-14(21)16(22)20-8-3-2-4-13(20)15-18-7-9-23-15/h5-7,9-10,13H,2-4,8H2,1H3,(H,19,21)/t13-/m0/s1. The highest BCUT2D eigenvalue weighted by atomic mass is 32.1. The highest BCUT2D eigenvalue weighted by Crippen LogP contribution is 2.32. The molecule has 3 rings (SSSR count). The molecule has 0 saturated carbocycles. The maximum atomic E-state index is 12.6. The molecule has 0 unspecified atom stereocenters. The summed E-state index contributed by atoms with van der Waals surface area (Å²) in [4.78, 5) is 34.9. The van der Waals surface area contributed by atoms with Crippen LogP contribution >= 0.6 is 11.3 Å².